The van der Waals surface area contributed by atoms with Crippen molar-refractivity contribution in [3.63, 3.8) is 0 Å². The Balaban J connectivity index is 1.86. The number of aryl methyl sites for hydroxylation is 1. The molecule has 21 heavy (non-hydrogen) atoms. The quantitative estimate of drug-likeness (QED) is 0.865. The average molecular weight is 291 g/mol. The molecule has 1 aliphatic rings. The van der Waals surface area contributed by atoms with Gasteiger partial charge >= 0.3 is 5.97 Å². The Morgan fingerprint density at radius 3 is 2.62 bits per heavy atom. The highest BCUT2D eigenvalue weighted by molar-refractivity contribution is 5.82. The van der Waals surface area contributed by atoms with E-state index in [1.807, 2.05) is 38.1 Å². The van der Waals surface area contributed by atoms with E-state index >= 15 is 0 Å². The summed E-state index contributed by atoms with van der Waals surface area (Å²) in [4.78, 5) is 22.9. The monoisotopic (exact) mass is 291 g/mol. The Hall–Kier alpha value is -1.88. The summed E-state index contributed by atoms with van der Waals surface area (Å²) in [7, 11) is 0. The molecule has 1 aromatic carbocycles. The zero-order valence-electron chi connectivity index (χ0n) is 12.3. The molecule has 1 amide bonds. The molecule has 1 fully saturated rings. The largest absolute Gasteiger partial charge is 0.479 e. The van der Waals surface area contributed by atoms with Crippen LogP contribution in [0, 0.1) is 6.92 Å². The van der Waals surface area contributed by atoms with Crippen LogP contribution in [0.2, 0.25) is 0 Å². The Labute approximate surface area is 124 Å². The van der Waals surface area contributed by atoms with Gasteiger partial charge in [-0.2, -0.15) is 0 Å². The molecule has 5 heteroatoms. The number of hydrogen-bond acceptors (Lipinski definition) is 3. The van der Waals surface area contributed by atoms with Crippen LogP contribution in [0.5, 0.6) is 0 Å². The van der Waals surface area contributed by atoms with Gasteiger partial charge in [0.05, 0.1) is 0 Å². The van der Waals surface area contributed by atoms with E-state index in [0.717, 1.165) is 6.42 Å². The molecule has 0 aliphatic carbocycles. The van der Waals surface area contributed by atoms with Crippen LogP contribution in [0.1, 0.15) is 30.9 Å². The summed E-state index contributed by atoms with van der Waals surface area (Å²) in [5.74, 6) is -1.22. The van der Waals surface area contributed by atoms with Crippen molar-refractivity contribution in [3.8, 4) is 0 Å². The summed E-state index contributed by atoms with van der Waals surface area (Å²) in [6.07, 6.45) is 0.0883. The van der Waals surface area contributed by atoms with Gasteiger partial charge in [-0.15, -0.1) is 0 Å². The third-order valence-electron chi connectivity index (χ3n) is 3.76. The minimum Gasteiger partial charge on any atom is -0.479 e. The van der Waals surface area contributed by atoms with Gasteiger partial charge in [-0.25, -0.2) is 4.79 Å². The second-order valence-corrected chi connectivity index (χ2v) is 5.57. The van der Waals surface area contributed by atoms with Gasteiger partial charge in [0.2, 0.25) is 5.91 Å². The third-order valence-corrected chi connectivity index (χ3v) is 3.76. The van der Waals surface area contributed by atoms with Gasteiger partial charge in [-0.1, -0.05) is 24.3 Å². The van der Waals surface area contributed by atoms with Gasteiger partial charge in [0.15, 0.2) is 6.10 Å². The van der Waals surface area contributed by atoms with Crippen LogP contribution in [0.15, 0.2) is 24.3 Å². The SMILES string of the molecule is Cc1ccccc1CC(C)NC(=O)[C@@H]1CC[C@H](C(=O)O)O1. The van der Waals surface area contributed by atoms with Crippen molar-refractivity contribution < 1.29 is 19.4 Å². The zero-order valence-corrected chi connectivity index (χ0v) is 12.3. The van der Waals surface area contributed by atoms with Crippen molar-refractivity contribution in [2.24, 2.45) is 0 Å². The summed E-state index contributed by atoms with van der Waals surface area (Å²) in [5.41, 5.74) is 2.39. The topological polar surface area (TPSA) is 75.6 Å². The molecule has 0 aromatic heterocycles. The van der Waals surface area contributed by atoms with Gasteiger partial charge in [0.1, 0.15) is 6.10 Å². The smallest absolute Gasteiger partial charge is 0.332 e. The van der Waals surface area contributed by atoms with E-state index in [1.165, 1.54) is 11.1 Å². The van der Waals surface area contributed by atoms with E-state index in [0.29, 0.717) is 12.8 Å². The molecule has 0 spiro atoms. The van der Waals surface area contributed by atoms with Gasteiger partial charge < -0.3 is 15.2 Å². The van der Waals surface area contributed by atoms with Crippen LogP contribution in [-0.2, 0) is 20.7 Å². The first-order chi connectivity index (χ1) is 9.97. The van der Waals surface area contributed by atoms with Crippen molar-refractivity contribution in [1.82, 2.24) is 5.32 Å². The number of carboxylic acid groups (broad SMARTS) is 1. The Morgan fingerprint density at radius 1 is 1.33 bits per heavy atom. The van der Waals surface area contributed by atoms with Crippen LogP contribution in [-0.4, -0.2) is 35.2 Å². The first-order valence-corrected chi connectivity index (χ1v) is 7.20. The van der Waals surface area contributed by atoms with E-state index in [4.69, 9.17) is 9.84 Å². The van der Waals surface area contributed by atoms with E-state index in [-0.39, 0.29) is 11.9 Å². The number of carboxylic acids is 1. The minimum absolute atomic E-state index is 0.0221. The number of rotatable bonds is 5. The number of hydrogen-bond donors (Lipinski definition) is 2. The molecule has 0 saturated carbocycles. The molecule has 5 nitrogen and oxygen atoms in total. The van der Waals surface area contributed by atoms with E-state index in [9.17, 15) is 9.59 Å². The maximum absolute atomic E-state index is 12.1. The first-order valence-electron chi connectivity index (χ1n) is 7.20. The van der Waals surface area contributed by atoms with Crippen molar-refractivity contribution >= 4 is 11.9 Å². The van der Waals surface area contributed by atoms with Gasteiger partial charge in [0, 0.05) is 6.04 Å². The molecule has 1 aliphatic heterocycles. The van der Waals surface area contributed by atoms with Crippen LogP contribution >= 0.6 is 0 Å². The Bertz CT molecular complexity index is 529. The molecule has 0 radical (unpaired) electrons. The van der Waals surface area contributed by atoms with E-state index in [1.54, 1.807) is 0 Å². The molecule has 114 valence electrons. The lowest BCUT2D eigenvalue weighted by Gasteiger charge is -2.18. The van der Waals surface area contributed by atoms with Crippen LogP contribution in [0.4, 0.5) is 0 Å². The molecule has 2 N–H and O–H groups in total. The summed E-state index contributed by atoms with van der Waals surface area (Å²) in [6, 6.07) is 8.03. The fraction of sp³-hybridized carbons (Fsp3) is 0.500. The third kappa shape index (κ3) is 4.04. The van der Waals surface area contributed by atoms with Gasteiger partial charge in [-0.3, -0.25) is 4.79 Å². The number of aliphatic carboxylic acids is 1. The first kappa shape index (κ1) is 15.5. The maximum atomic E-state index is 12.1. The number of carbonyl (C=O) groups is 2. The fourth-order valence-corrected chi connectivity index (χ4v) is 2.57. The van der Waals surface area contributed by atoms with Crippen LogP contribution in [0.25, 0.3) is 0 Å². The highest BCUT2D eigenvalue weighted by Gasteiger charge is 2.34. The summed E-state index contributed by atoms with van der Waals surface area (Å²) in [6.45, 7) is 3.98. The molecular formula is C16H21NO4. The van der Waals surface area contributed by atoms with E-state index < -0.39 is 18.2 Å². The van der Waals surface area contributed by atoms with Crippen LogP contribution in [0.3, 0.4) is 0 Å². The Kier molecular flexibility index (Phi) is 4.96. The standard InChI is InChI=1S/C16H21NO4/c1-10-5-3-4-6-12(10)9-11(2)17-15(18)13-7-8-14(21-13)16(19)20/h3-6,11,13-14H,7-9H2,1-2H3,(H,17,18)(H,19,20)/t11?,13-,14+/m0/s1. The molecular weight excluding hydrogens is 270 g/mol. The molecule has 2 rings (SSSR count). The van der Waals surface area contributed by atoms with Crippen molar-refractivity contribution in [2.45, 2.75) is 51.4 Å². The lowest BCUT2D eigenvalue weighted by Crippen LogP contribution is -2.41. The summed E-state index contributed by atoms with van der Waals surface area (Å²) in [5, 5.41) is 11.8. The predicted molar refractivity (Wildman–Crippen MR) is 78.0 cm³/mol. The number of carbonyl (C=O) groups excluding carboxylic acids is 1. The second kappa shape index (κ2) is 6.72. The number of ether oxygens (including phenoxy) is 1. The molecule has 1 heterocycles. The molecule has 1 saturated heterocycles. The molecule has 1 aromatic rings. The lowest BCUT2D eigenvalue weighted by molar-refractivity contribution is -0.151. The minimum atomic E-state index is -1.00. The second-order valence-electron chi connectivity index (χ2n) is 5.57. The highest BCUT2D eigenvalue weighted by atomic mass is 16.5. The number of amides is 1. The average Bonchev–Trinajstić information content (AvgIpc) is 2.91. The molecule has 1 unspecified atom stereocenters. The number of benzene rings is 1. The van der Waals surface area contributed by atoms with Crippen molar-refractivity contribution in [1.29, 1.82) is 0 Å². The van der Waals surface area contributed by atoms with Crippen molar-refractivity contribution in [3.05, 3.63) is 35.4 Å². The lowest BCUT2D eigenvalue weighted by atomic mass is 10.0. The zero-order chi connectivity index (χ0) is 15.4. The normalized spacial score (nSPS) is 22.8. The summed E-state index contributed by atoms with van der Waals surface area (Å²) >= 11 is 0. The van der Waals surface area contributed by atoms with Gasteiger partial charge in [-0.05, 0) is 44.2 Å². The number of nitrogens with one attached hydrogen (secondary N) is 1. The maximum Gasteiger partial charge on any atom is 0.332 e. The van der Waals surface area contributed by atoms with Crippen LogP contribution < -0.4 is 5.32 Å². The van der Waals surface area contributed by atoms with E-state index in [2.05, 4.69) is 5.32 Å². The summed E-state index contributed by atoms with van der Waals surface area (Å²) < 4.78 is 5.25. The van der Waals surface area contributed by atoms with Crippen molar-refractivity contribution in [2.75, 3.05) is 0 Å². The Morgan fingerprint density at radius 2 is 2.00 bits per heavy atom. The predicted octanol–water partition coefficient (Wildman–Crippen LogP) is 1.67. The molecule has 3 atom stereocenters. The highest BCUT2D eigenvalue weighted by Crippen LogP contribution is 2.20. The fourth-order valence-electron chi connectivity index (χ4n) is 2.57. The van der Waals surface area contributed by atoms with Gasteiger partial charge in [0.25, 0.3) is 0 Å². The molecule has 0 bridgehead atoms.